The molecule has 0 spiro atoms. The van der Waals surface area contributed by atoms with Gasteiger partial charge in [0, 0.05) is 72.3 Å². The highest BCUT2D eigenvalue weighted by atomic mass is 32.1. The molecule has 0 fully saturated rings. The number of fused-ring (bicyclic) bond motifs is 4. The average Bonchev–Trinajstić information content (AvgIpc) is 4.36. The normalized spacial score (nSPS) is 13.3. The van der Waals surface area contributed by atoms with Gasteiger partial charge < -0.3 is 9.72 Å². The number of imidazole rings is 1. The summed E-state index contributed by atoms with van der Waals surface area (Å²) < 4.78 is 3.38. The van der Waals surface area contributed by atoms with Gasteiger partial charge in [-0.25, -0.2) is 4.98 Å². The van der Waals surface area contributed by atoms with Gasteiger partial charge in [0.25, 0.3) is 0 Å². The maximum absolute atomic E-state index is 4.35. The highest BCUT2D eigenvalue weighted by molar-refractivity contribution is 7.17. The van der Waals surface area contributed by atoms with Crippen molar-refractivity contribution >= 4 is 38.1 Å². The third kappa shape index (κ3) is 20.4. The van der Waals surface area contributed by atoms with Crippen LogP contribution in [0.3, 0.4) is 0 Å². The van der Waals surface area contributed by atoms with Crippen LogP contribution in [0.5, 0.6) is 0 Å². The highest BCUT2D eigenvalue weighted by Gasteiger charge is 2.21. The summed E-state index contributed by atoms with van der Waals surface area (Å²) in [4.78, 5) is 17.2. The predicted molar refractivity (Wildman–Crippen MR) is 358 cm³/mol. The minimum Gasteiger partial charge on any atom is -0.309 e. The van der Waals surface area contributed by atoms with Crippen molar-refractivity contribution in [3.8, 4) is 0 Å². The van der Waals surface area contributed by atoms with E-state index in [1.54, 1.807) is 11.3 Å². The van der Waals surface area contributed by atoms with Crippen LogP contribution in [0.15, 0.2) is 188 Å². The van der Waals surface area contributed by atoms with Crippen LogP contribution in [0, 0.1) is 5.41 Å². The van der Waals surface area contributed by atoms with Crippen LogP contribution >= 0.6 is 11.3 Å². The number of aromatic nitrogens is 5. The molecule has 0 saturated carbocycles. The Morgan fingerprint density at radius 2 is 1.04 bits per heavy atom. The van der Waals surface area contributed by atoms with Gasteiger partial charge >= 0.3 is 0 Å². The summed E-state index contributed by atoms with van der Waals surface area (Å²) in [6.45, 7) is 48.8. The second-order valence-electron chi connectivity index (χ2n) is 28.7. The Morgan fingerprint density at radius 1 is 0.427 bits per heavy atom. The van der Waals surface area contributed by atoms with E-state index in [4.69, 9.17) is 0 Å². The summed E-state index contributed by atoms with van der Waals surface area (Å²) in [5.41, 5.74) is 17.4. The van der Waals surface area contributed by atoms with E-state index in [2.05, 4.69) is 302 Å². The molecule has 1 aliphatic heterocycles. The SMILES string of the molecule is CC(C)(C)C1=CCC=C1.CC(C)(C)c1ccc2c(c1)CNC2.CC(C)(C)c1ccc2ncccc2c1.CC(C)(C)c1ccccc1.CC(C)(C)c1ccccn1.CC(C)(C)c1cccn2ccnc12.CC(C)(C)c1ccnc2ccsc12. The minimum absolute atomic E-state index is 0.161. The van der Waals surface area contributed by atoms with Crippen LogP contribution in [0.25, 0.3) is 26.8 Å². The van der Waals surface area contributed by atoms with Crippen LogP contribution in [0.1, 0.15) is 196 Å². The molecule has 6 nitrogen and oxygen atoms in total. The van der Waals surface area contributed by atoms with Crippen molar-refractivity contribution in [1.82, 2.24) is 29.7 Å². The Labute approximate surface area is 500 Å². The van der Waals surface area contributed by atoms with Crippen molar-refractivity contribution in [3.63, 3.8) is 0 Å². The summed E-state index contributed by atoms with van der Waals surface area (Å²) in [5.74, 6) is 0. The minimum atomic E-state index is 0.161. The van der Waals surface area contributed by atoms with Crippen molar-refractivity contribution in [2.75, 3.05) is 0 Å². The van der Waals surface area contributed by atoms with E-state index in [0.717, 1.165) is 41.9 Å². The maximum atomic E-state index is 4.35. The Morgan fingerprint density at radius 3 is 1.59 bits per heavy atom. The van der Waals surface area contributed by atoms with E-state index >= 15 is 0 Å². The molecule has 11 rings (SSSR count). The first-order valence-electron chi connectivity index (χ1n) is 29.4. The van der Waals surface area contributed by atoms with Crippen LogP contribution in [-0.4, -0.2) is 24.3 Å². The highest BCUT2D eigenvalue weighted by Crippen LogP contribution is 2.33. The Bertz CT molecular complexity index is 3300. The molecular weight excluding hydrogens is 1020 g/mol. The van der Waals surface area contributed by atoms with Gasteiger partial charge in [-0.15, -0.1) is 11.3 Å². The standard InChI is InChI=1S/C13H15N.C12H17N.C11H14N2.C11H13NS.C10H14.C9H13N.C9H14/c1-13(2,3)11-6-7-12-10(9-11)5-4-8-14-12;1-12(2,3)11-5-4-9-7-13-8-10(9)6-11;1-11(2,3)9-5-4-7-13-8-6-12-10(9)13;1-11(2,3)8-4-6-12-9-5-7-13-10(8)9;1-10(2,3)9-7-5-4-6-8-9;1-9(2,3)8-6-4-5-7-10-8;1-9(2,3)8-6-4-5-7-8/h4-9H,1-3H3;4-6,13H,7-8H2,1-3H3;4-8H,1-3H3;4-7H,1-3H3;4-8H,1-3H3;4-7H,1-3H3;4,6-7H,5H2,1-3H3. The Hall–Kier alpha value is -6.54. The van der Waals surface area contributed by atoms with Crippen molar-refractivity contribution in [2.24, 2.45) is 5.41 Å². The van der Waals surface area contributed by atoms with Crippen LogP contribution in [0.2, 0.25) is 0 Å². The zero-order valence-electron chi connectivity index (χ0n) is 54.1. The second kappa shape index (κ2) is 28.2. The molecule has 82 heavy (non-hydrogen) atoms. The molecule has 6 aromatic heterocycles. The van der Waals surface area contributed by atoms with E-state index in [9.17, 15) is 0 Å². The lowest BCUT2D eigenvalue weighted by atomic mass is 9.85. The van der Waals surface area contributed by atoms with Crippen molar-refractivity contribution in [3.05, 3.63) is 232 Å². The average molecular weight is 1120 g/mol. The third-order valence-corrected chi connectivity index (χ3v) is 15.2. The van der Waals surface area contributed by atoms with Gasteiger partial charge in [0.1, 0.15) is 5.65 Å². The number of benzene rings is 3. The number of nitrogens with zero attached hydrogens (tertiary/aromatic N) is 5. The summed E-state index contributed by atoms with van der Waals surface area (Å²) in [6, 6.07) is 42.4. The summed E-state index contributed by atoms with van der Waals surface area (Å²) in [5, 5.41) is 6.69. The van der Waals surface area contributed by atoms with Gasteiger partial charge in [-0.05, 0) is 132 Å². The zero-order valence-corrected chi connectivity index (χ0v) is 54.9. The molecule has 436 valence electrons. The molecule has 3 aromatic carbocycles. The molecule has 1 N–H and O–H groups in total. The van der Waals surface area contributed by atoms with E-state index in [1.807, 2.05) is 55.4 Å². The van der Waals surface area contributed by atoms with E-state index in [0.29, 0.717) is 10.8 Å². The summed E-state index contributed by atoms with van der Waals surface area (Å²) in [7, 11) is 0. The van der Waals surface area contributed by atoms with Crippen LogP contribution in [-0.2, 0) is 45.6 Å². The van der Waals surface area contributed by atoms with E-state index < -0.39 is 0 Å². The van der Waals surface area contributed by atoms with Crippen molar-refractivity contribution < 1.29 is 0 Å². The quantitative estimate of drug-likeness (QED) is 0.164. The topological polar surface area (TPSA) is 68.0 Å². The molecular formula is C75H100N6S. The number of hydrogen-bond donors (Lipinski definition) is 1. The summed E-state index contributed by atoms with van der Waals surface area (Å²) in [6.07, 6.45) is 19.3. The van der Waals surface area contributed by atoms with Crippen LogP contribution < -0.4 is 5.32 Å². The van der Waals surface area contributed by atoms with Gasteiger partial charge in [-0.1, -0.05) is 236 Å². The van der Waals surface area contributed by atoms with Crippen molar-refractivity contribution in [2.45, 2.75) is 197 Å². The molecule has 0 saturated heterocycles. The monoisotopic (exact) mass is 1120 g/mol. The first-order chi connectivity index (χ1) is 38.1. The number of rotatable bonds is 0. The molecule has 9 aromatic rings. The van der Waals surface area contributed by atoms with E-state index in [1.165, 1.54) is 54.6 Å². The Kier molecular flexibility index (Phi) is 22.8. The molecule has 1 aliphatic carbocycles. The second-order valence-corrected chi connectivity index (χ2v) is 29.6. The predicted octanol–water partition coefficient (Wildman–Crippen LogP) is 20.6. The third-order valence-electron chi connectivity index (χ3n) is 14.3. The fourth-order valence-corrected chi connectivity index (χ4v) is 10.1. The van der Waals surface area contributed by atoms with Gasteiger partial charge in [0.05, 0.1) is 15.7 Å². The molecule has 7 heteroatoms. The Balaban J connectivity index is 0.000000176. The summed E-state index contributed by atoms with van der Waals surface area (Å²) >= 11 is 1.78. The largest absolute Gasteiger partial charge is 0.309 e. The molecule has 0 radical (unpaired) electrons. The smallest absolute Gasteiger partial charge is 0.140 e. The number of hydrogen-bond acceptors (Lipinski definition) is 6. The maximum Gasteiger partial charge on any atom is 0.140 e. The van der Waals surface area contributed by atoms with Gasteiger partial charge in [-0.3, -0.25) is 15.0 Å². The first kappa shape index (κ1) is 66.3. The fourth-order valence-electron chi connectivity index (χ4n) is 9.06. The lowest BCUT2D eigenvalue weighted by Gasteiger charge is -2.19. The first-order valence-corrected chi connectivity index (χ1v) is 30.3. The molecule has 0 amide bonds. The van der Waals surface area contributed by atoms with Crippen LogP contribution in [0.4, 0.5) is 0 Å². The van der Waals surface area contributed by atoms with Gasteiger partial charge in [-0.2, -0.15) is 0 Å². The molecule has 0 unspecified atom stereocenters. The number of allylic oxidation sites excluding steroid dienone is 4. The lowest BCUT2D eigenvalue weighted by Crippen LogP contribution is -2.12. The number of nitrogens with one attached hydrogen (secondary N) is 1. The van der Waals surface area contributed by atoms with E-state index in [-0.39, 0.29) is 27.1 Å². The molecule has 0 bridgehead atoms. The van der Waals surface area contributed by atoms with Gasteiger partial charge in [0.15, 0.2) is 0 Å². The molecule has 2 aliphatic rings. The number of thiophene rings is 1. The fraction of sp³-hybridized carbons (Fsp3) is 0.413. The zero-order chi connectivity index (χ0) is 60.7. The molecule has 7 heterocycles. The molecule has 0 atom stereocenters. The van der Waals surface area contributed by atoms with Gasteiger partial charge in [0.2, 0.25) is 0 Å². The number of pyridine rings is 4. The lowest BCUT2D eigenvalue weighted by molar-refractivity contribution is 0.518. The van der Waals surface area contributed by atoms with Crippen molar-refractivity contribution in [1.29, 1.82) is 0 Å².